The second-order valence-electron chi connectivity index (χ2n) is 4.89. The highest BCUT2D eigenvalue weighted by Crippen LogP contribution is 2.24. The van der Waals surface area contributed by atoms with Gasteiger partial charge in [0.05, 0.1) is 11.4 Å². The van der Waals surface area contributed by atoms with Crippen LogP contribution < -0.4 is 22.1 Å². The van der Waals surface area contributed by atoms with E-state index in [2.05, 4.69) is 28.8 Å². The fraction of sp³-hybridized carbons (Fsp3) is 0. The number of aromatic nitrogens is 1. The number of halogens is 1. The van der Waals surface area contributed by atoms with Gasteiger partial charge in [-0.2, -0.15) is 0 Å². The molecule has 3 amide bonds. The minimum absolute atomic E-state index is 0. The molecular formula is C16H16ClN5O3S. The predicted octanol–water partition coefficient (Wildman–Crippen LogP) is 1.17. The fourth-order valence-corrected chi connectivity index (χ4v) is 2.47. The maximum atomic E-state index is 12.1. The van der Waals surface area contributed by atoms with E-state index in [0.717, 1.165) is 5.56 Å². The smallest absolute Gasteiger partial charge is 0.275 e. The summed E-state index contributed by atoms with van der Waals surface area (Å²) in [6, 6.07) is 7.04. The zero-order valence-electron chi connectivity index (χ0n) is 13.4. The zero-order chi connectivity index (χ0) is 18.6. The second kappa shape index (κ2) is 8.79. The van der Waals surface area contributed by atoms with Crippen LogP contribution in [0.4, 0.5) is 5.69 Å². The lowest BCUT2D eigenvalue weighted by molar-refractivity contribution is -0.120. The highest BCUT2D eigenvalue weighted by Gasteiger charge is 2.17. The van der Waals surface area contributed by atoms with Gasteiger partial charge in [-0.1, -0.05) is 13.2 Å². The molecule has 0 spiro atoms. The number of anilines is 1. The van der Waals surface area contributed by atoms with Crippen molar-refractivity contribution in [1.29, 1.82) is 0 Å². The van der Waals surface area contributed by atoms with E-state index >= 15 is 0 Å². The van der Waals surface area contributed by atoms with Gasteiger partial charge in [-0.25, -0.2) is 4.98 Å². The number of carbonyl (C=O) groups is 3. The first kappa shape index (κ1) is 20.9. The average molecular weight is 394 g/mol. The summed E-state index contributed by atoms with van der Waals surface area (Å²) in [5, 5.41) is 6.60. The van der Waals surface area contributed by atoms with Crippen LogP contribution >= 0.6 is 23.7 Å². The number of nitrogens with zero attached hydrogens (tertiary/aromatic N) is 1. The quantitative estimate of drug-likeness (QED) is 0.430. The molecule has 1 aromatic heterocycles. The molecule has 1 heterocycles. The number of primary amides is 1. The predicted molar refractivity (Wildman–Crippen MR) is 102 cm³/mol. The van der Waals surface area contributed by atoms with Gasteiger partial charge in [0.1, 0.15) is 10.7 Å². The van der Waals surface area contributed by atoms with Gasteiger partial charge < -0.3 is 22.1 Å². The summed E-state index contributed by atoms with van der Waals surface area (Å²) in [7, 11) is 0. The Morgan fingerprint density at radius 2 is 1.65 bits per heavy atom. The van der Waals surface area contributed by atoms with E-state index in [4.69, 9.17) is 11.5 Å². The number of nitrogens with two attached hydrogens (primary N) is 2. The standard InChI is InChI=1S/C16H15N5O3S.ClH/c1-8(13(18)22)19-14(23)9(2)20-15(24)12-7-25-16(21-12)10-3-5-11(17)6-4-10;/h3-7H,1-2,17H2,(H2,18,22)(H,19,23)(H,20,24);1H. The lowest BCUT2D eigenvalue weighted by Gasteiger charge is -2.08. The van der Waals surface area contributed by atoms with Crippen molar-refractivity contribution in [2.24, 2.45) is 5.73 Å². The first-order valence-electron chi connectivity index (χ1n) is 6.89. The van der Waals surface area contributed by atoms with Crippen molar-refractivity contribution in [3.05, 3.63) is 59.9 Å². The van der Waals surface area contributed by atoms with E-state index in [1.54, 1.807) is 29.6 Å². The molecule has 0 unspecified atom stereocenters. The molecular weight excluding hydrogens is 378 g/mol. The van der Waals surface area contributed by atoms with Crippen LogP contribution in [0.2, 0.25) is 0 Å². The number of benzene rings is 1. The van der Waals surface area contributed by atoms with Crippen LogP contribution in [-0.2, 0) is 9.59 Å². The molecule has 0 aliphatic rings. The van der Waals surface area contributed by atoms with Gasteiger partial charge in [0, 0.05) is 16.6 Å². The summed E-state index contributed by atoms with van der Waals surface area (Å²) in [5.41, 5.74) is 11.6. The van der Waals surface area contributed by atoms with Gasteiger partial charge in [-0.05, 0) is 24.3 Å². The molecule has 10 heteroatoms. The lowest BCUT2D eigenvalue weighted by atomic mass is 10.2. The summed E-state index contributed by atoms with van der Waals surface area (Å²) < 4.78 is 0. The van der Waals surface area contributed by atoms with E-state index in [0.29, 0.717) is 10.7 Å². The van der Waals surface area contributed by atoms with E-state index in [-0.39, 0.29) is 29.5 Å². The van der Waals surface area contributed by atoms with Crippen molar-refractivity contribution in [3.63, 3.8) is 0 Å². The monoisotopic (exact) mass is 393 g/mol. The Morgan fingerprint density at radius 1 is 1.04 bits per heavy atom. The van der Waals surface area contributed by atoms with Gasteiger partial charge >= 0.3 is 0 Å². The van der Waals surface area contributed by atoms with E-state index < -0.39 is 17.7 Å². The largest absolute Gasteiger partial charge is 0.399 e. The number of hydrogen-bond acceptors (Lipinski definition) is 6. The number of carbonyl (C=O) groups excluding carboxylic acids is 3. The molecule has 2 aromatic rings. The zero-order valence-corrected chi connectivity index (χ0v) is 15.1. The van der Waals surface area contributed by atoms with Gasteiger partial charge in [0.15, 0.2) is 0 Å². The van der Waals surface area contributed by atoms with Crippen LogP contribution in [0.1, 0.15) is 10.5 Å². The van der Waals surface area contributed by atoms with Crippen LogP contribution in [0, 0.1) is 0 Å². The first-order chi connectivity index (χ1) is 11.8. The van der Waals surface area contributed by atoms with Crippen LogP contribution in [0.5, 0.6) is 0 Å². The van der Waals surface area contributed by atoms with E-state index in [1.807, 2.05) is 0 Å². The minimum Gasteiger partial charge on any atom is -0.399 e. The summed E-state index contributed by atoms with van der Waals surface area (Å²) in [6.07, 6.45) is 0. The van der Waals surface area contributed by atoms with Crippen LogP contribution in [-0.4, -0.2) is 22.7 Å². The molecule has 26 heavy (non-hydrogen) atoms. The summed E-state index contributed by atoms with van der Waals surface area (Å²) in [4.78, 5) is 38.9. The van der Waals surface area contributed by atoms with Crippen molar-refractivity contribution in [1.82, 2.24) is 15.6 Å². The van der Waals surface area contributed by atoms with Gasteiger partial charge in [0.25, 0.3) is 17.7 Å². The number of nitrogens with one attached hydrogen (secondary N) is 2. The normalized spacial score (nSPS) is 9.54. The molecule has 0 aliphatic carbocycles. The molecule has 2 rings (SSSR count). The van der Waals surface area contributed by atoms with Crippen molar-refractivity contribution in [2.75, 3.05) is 5.73 Å². The second-order valence-corrected chi connectivity index (χ2v) is 5.75. The Kier molecular flexibility index (Phi) is 7.06. The summed E-state index contributed by atoms with van der Waals surface area (Å²) in [5.74, 6) is -2.30. The SMILES string of the molecule is C=C(NC(=O)C(=C)NC(=O)c1csc(-c2ccc(N)cc2)n1)C(N)=O.Cl. The summed E-state index contributed by atoms with van der Waals surface area (Å²) >= 11 is 1.27. The van der Waals surface area contributed by atoms with Crippen molar-refractivity contribution < 1.29 is 14.4 Å². The molecule has 0 saturated heterocycles. The Morgan fingerprint density at radius 3 is 2.23 bits per heavy atom. The number of rotatable bonds is 6. The van der Waals surface area contributed by atoms with Crippen LogP contribution in [0.3, 0.4) is 0 Å². The van der Waals surface area contributed by atoms with E-state index in [1.165, 1.54) is 11.3 Å². The molecule has 0 radical (unpaired) electrons. The molecule has 8 nitrogen and oxygen atoms in total. The Bertz CT molecular complexity index is 876. The highest BCUT2D eigenvalue weighted by molar-refractivity contribution is 7.13. The number of thiazole rings is 1. The van der Waals surface area contributed by atoms with Crippen molar-refractivity contribution in [3.8, 4) is 10.6 Å². The first-order valence-corrected chi connectivity index (χ1v) is 7.77. The maximum Gasteiger partial charge on any atom is 0.275 e. The van der Waals surface area contributed by atoms with Crippen molar-refractivity contribution in [2.45, 2.75) is 0 Å². The molecule has 136 valence electrons. The highest BCUT2D eigenvalue weighted by atomic mass is 35.5. The molecule has 1 aromatic carbocycles. The number of amides is 3. The third-order valence-corrected chi connectivity index (χ3v) is 3.89. The number of hydrogen-bond donors (Lipinski definition) is 4. The molecule has 0 fully saturated rings. The summed E-state index contributed by atoms with van der Waals surface area (Å²) in [6.45, 7) is 6.71. The Hall–Kier alpha value is -3.17. The third-order valence-electron chi connectivity index (χ3n) is 2.99. The maximum absolute atomic E-state index is 12.1. The molecule has 0 saturated carbocycles. The molecule has 6 N–H and O–H groups in total. The molecule has 0 bridgehead atoms. The molecule has 0 atom stereocenters. The van der Waals surface area contributed by atoms with E-state index in [9.17, 15) is 14.4 Å². The minimum atomic E-state index is -0.889. The lowest BCUT2D eigenvalue weighted by Crippen LogP contribution is -2.36. The number of nitrogen functional groups attached to an aromatic ring is 1. The fourth-order valence-electron chi connectivity index (χ4n) is 1.67. The Labute approximate surface area is 159 Å². The van der Waals surface area contributed by atoms with Gasteiger partial charge in [0.2, 0.25) is 0 Å². The van der Waals surface area contributed by atoms with Crippen molar-refractivity contribution >= 4 is 47.2 Å². The average Bonchev–Trinajstić information content (AvgIpc) is 3.05. The third kappa shape index (κ3) is 5.16. The van der Waals surface area contributed by atoms with Gasteiger partial charge in [-0.3, -0.25) is 14.4 Å². The van der Waals surface area contributed by atoms with Crippen LogP contribution in [0.15, 0.2) is 54.2 Å². The van der Waals surface area contributed by atoms with Gasteiger partial charge in [-0.15, -0.1) is 23.7 Å². The topological polar surface area (TPSA) is 140 Å². The molecule has 0 aliphatic heterocycles. The Balaban J connectivity index is 0.00000338. The van der Waals surface area contributed by atoms with Crippen LogP contribution in [0.25, 0.3) is 10.6 Å².